The smallest absolute Gasteiger partial charge is 0.253 e. The highest BCUT2D eigenvalue weighted by Crippen LogP contribution is 2.29. The third kappa shape index (κ3) is 5.91. The summed E-state index contributed by atoms with van der Waals surface area (Å²) in [5.74, 6) is -0.361. The Balaban J connectivity index is 2.25. The highest BCUT2D eigenvalue weighted by Gasteiger charge is 2.38. The minimum Gasteiger partial charge on any atom is -0.349 e. The Kier molecular flexibility index (Phi) is 6.31. The monoisotopic (exact) mass is 415 g/mol. The zero-order valence-corrected chi connectivity index (χ0v) is 18.4. The van der Waals surface area contributed by atoms with E-state index in [1.54, 1.807) is 13.8 Å². The standard InChI is InChI=1S/C19H30ClN3O3S/c1-12(2)22-27(25,26)14-7-8-16(20)15(9-14)17(24)21-13-10-18(3,4)23-19(5,6)11-13/h7-9,12-13,22-23H,10-11H2,1-6H3,(H,21,24). The van der Waals surface area contributed by atoms with Gasteiger partial charge in [0, 0.05) is 23.2 Å². The molecule has 152 valence electrons. The van der Waals surface area contributed by atoms with E-state index < -0.39 is 10.0 Å². The molecule has 0 aromatic heterocycles. The number of rotatable bonds is 5. The van der Waals surface area contributed by atoms with Gasteiger partial charge < -0.3 is 10.6 Å². The van der Waals surface area contributed by atoms with Crippen molar-refractivity contribution in [2.45, 2.75) is 82.4 Å². The maximum Gasteiger partial charge on any atom is 0.253 e. The van der Waals surface area contributed by atoms with E-state index in [0.717, 1.165) is 12.8 Å². The van der Waals surface area contributed by atoms with E-state index in [0.29, 0.717) is 0 Å². The van der Waals surface area contributed by atoms with Crippen molar-refractivity contribution in [2.75, 3.05) is 0 Å². The molecular formula is C19H30ClN3O3S. The lowest BCUT2D eigenvalue weighted by atomic mass is 9.79. The maximum atomic E-state index is 12.8. The molecule has 0 unspecified atom stereocenters. The molecule has 3 N–H and O–H groups in total. The predicted molar refractivity (Wildman–Crippen MR) is 109 cm³/mol. The third-order valence-electron chi connectivity index (χ3n) is 4.41. The Morgan fingerprint density at radius 3 is 2.26 bits per heavy atom. The van der Waals surface area contributed by atoms with Crippen LogP contribution in [0.1, 0.15) is 64.7 Å². The first-order valence-electron chi connectivity index (χ1n) is 9.13. The van der Waals surface area contributed by atoms with Crippen LogP contribution in [0.15, 0.2) is 23.1 Å². The van der Waals surface area contributed by atoms with Crippen LogP contribution in [0.4, 0.5) is 0 Å². The Morgan fingerprint density at radius 2 is 1.74 bits per heavy atom. The van der Waals surface area contributed by atoms with Crippen molar-refractivity contribution in [3.63, 3.8) is 0 Å². The number of nitrogens with one attached hydrogen (secondary N) is 3. The summed E-state index contributed by atoms with van der Waals surface area (Å²) in [6, 6.07) is 3.90. The van der Waals surface area contributed by atoms with Crippen molar-refractivity contribution in [3.05, 3.63) is 28.8 Å². The molecule has 0 atom stereocenters. The number of hydrogen-bond donors (Lipinski definition) is 3. The second kappa shape index (κ2) is 7.70. The molecule has 1 aliphatic heterocycles. The summed E-state index contributed by atoms with van der Waals surface area (Å²) in [6.45, 7) is 11.9. The van der Waals surface area contributed by atoms with Crippen LogP contribution in [0.5, 0.6) is 0 Å². The Labute approximate surface area is 167 Å². The number of amides is 1. The number of piperidine rings is 1. The maximum absolute atomic E-state index is 12.8. The van der Waals surface area contributed by atoms with Crippen molar-refractivity contribution >= 4 is 27.5 Å². The van der Waals surface area contributed by atoms with Gasteiger partial charge in [-0.15, -0.1) is 0 Å². The zero-order valence-electron chi connectivity index (χ0n) is 16.8. The minimum absolute atomic E-state index is 0.0247. The molecule has 27 heavy (non-hydrogen) atoms. The molecule has 1 saturated heterocycles. The Morgan fingerprint density at radius 1 is 1.19 bits per heavy atom. The summed E-state index contributed by atoms with van der Waals surface area (Å²) in [5, 5.41) is 6.82. The largest absolute Gasteiger partial charge is 0.349 e. The summed E-state index contributed by atoms with van der Waals surface area (Å²) in [5.41, 5.74) is -0.0661. The Hall–Kier alpha value is -1.15. The molecule has 0 aliphatic carbocycles. The second-order valence-corrected chi connectivity index (χ2v) is 11.0. The highest BCUT2D eigenvalue weighted by atomic mass is 35.5. The predicted octanol–water partition coefficient (Wildman–Crippen LogP) is 3.07. The molecule has 0 bridgehead atoms. The zero-order chi connectivity index (χ0) is 20.6. The van der Waals surface area contributed by atoms with Gasteiger partial charge in [0.2, 0.25) is 10.0 Å². The molecule has 1 aromatic carbocycles. The molecular weight excluding hydrogens is 386 g/mol. The molecule has 0 spiro atoms. The van der Waals surface area contributed by atoms with Crippen LogP contribution >= 0.6 is 11.6 Å². The average molecular weight is 416 g/mol. The van der Waals surface area contributed by atoms with E-state index in [4.69, 9.17) is 11.6 Å². The average Bonchev–Trinajstić information content (AvgIpc) is 2.42. The van der Waals surface area contributed by atoms with Gasteiger partial charge in [-0.1, -0.05) is 11.6 Å². The topological polar surface area (TPSA) is 87.3 Å². The third-order valence-corrected chi connectivity index (χ3v) is 6.39. The number of sulfonamides is 1. The normalized spacial score (nSPS) is 19.9. The van der Waals surface area contributed by atoms with Crippen LogP contribution in [0, 0.1) is 0 Å². The molecule has 0 saturated carbocycles. The molecule has 1 amide bonds. The van der Waals surface area contributed by atoms with Gasteiger partial charge in [0.15, 0.2) is 0 Å². The fourth-order valence-electron chi connectivity index (χ4n) is 3.91. The van der Waals surface area contributed by atoms with Crippen molar-refractivity contribution in [1.82, 2.24) is 15.4 Å². The van der Waals surface area contributed by atoms with Gasteiger partial charge in [0.25, 0.3) is 5.91 Å². The summed E-state index contributed by atoms with van der Waals surface area (Å²) < 4.78 is 27.3. The van der Waals surface area contributed by atoms with Crippen LogP contribution in [0.3, 0.4) is 0 Å². The number of halogens is 1. The lowest BCUT2D eigenvalue weighted by Gasteiger charge is -2.46. The number of carbonyl (C=O) groups is 1. The van der Waals surface area contributed by atoms with Gasteiger partial charge in [0.1, 0.15) is 0 Å². The van der Waals surface area contributed by atoms with Crippen LogP contribution in [0.2, 0.25) is 5.02 Å². The molecule has 1 heterocycles. The van der Waals surface area contributed by atoms with Gasteiger partial charge in [-0.2, -0.15) is 0 Å². The van der Waals surface area contributed by atoms with Gasteiger partial charge >= 0.3 is 0 Å². The summed E-state index contributed by atoms with van der Waals surface area (Å²) >= 11 is 6.19. The van der Waals surface area contributed by atoms with Crippen molar-refractivity contribution in [3.8, 4) is 0 Å². The first-order valence-corrected chi connectivity index (χ1v) is 11.0. The van der Waals surface area contributed by atoms with E-state index in [2.05, 4.69) is 43.1 Å². The van der Waals surface area contributed by atoms with E-state index in [-0.39, 0.29) is 44.6 Å². The van der Waals surface area contributed by atoms with Gasteiger partial charge in [-0.25, -0.2) is 13.1 Å². The lowest BCUT2D eigenvalue weighted by Crippen LogP contribution is -2.62. The van der Waals surface area contributed by atoms with Crippen LogP contribution in [0.25, 0.3) is 0 Å². The SMILES string of the molecule is CC(C)NS(=O)(=O)c1ccc(Cl)c(C(=O)NC2CC(C)(C)NC(C)(C)C2)c1. The van der Waals surface area contributed by atoms with E-state index in [9.17, 15) is 13.2 Å². The van der Waals surface area contributed by atoms with Crippen LogP contribution in [-0.2, 0) is 10.0 Å². The molecule has 0 radical (unpaired) electrons. The number of hydrogen-bond acceptors (Lipinski definition) is 4. The van der Waals surface area contributed by atoms with E-state index in [1.807, 2.05) is 0 Å². The molecule has 8 heteroatoms. The van der Waals surface area contributed by atoms with Crippen molar-refractivity contribution in [2.24, 2.45) is 0 Å². The molecule has 1 fully saturated rings. The van der Waals surface area contributed by atoms with E-state index in [1.165, 1.54) is 18.2 Å². The van der Waals surface area contributed by atoms with E-state index >= 15 is 0 Å². The van der Waals surface area contributed by atoms with Gasteiger partial charge in [-0.05, 0) is 72.6 Å². The summed E-state index contributed by atoms with van der Waals surface area (Å²) in [6.07, 6.45) is 1.54. The first-order chi connectivity index (χ1) is 12.2. The highest BCUT2D eigenvalue weighted by molar-refractivity contribution is 7.89. The number of benzene rings is 1. The quantitative estimate of drug-likeness (QED) is 0.689. The molecule has 1 aliphatic rings. The minimum atomic E-state index is -3.70. The molecule has 1 aromatic rings. The van der Waals surface area contributed by atoms with Crippen molar-refractivity contribution in [1.29, 1.82) is 0 Å². The van der Waals surface area contributed by atoms with Gasteiger partial charge in [0.05, 0.1) is 15.5 Å². The summed E-state index contributed by atoms with van der Waals surface area (Å²) in [4.78, 5) is 12.9. The fraction of sp³-hybridized carbons (Fsp3) is 0.632. The lowest BCUT2D eigenvalue weighted by molar-refractivity contribution is 0.0873. The van der Waals surface area contributed by atoms with Gasteiger partial charge in [-0.3, -0.25) is 4.79 Å². The molecule has 6 nitrogen and oxygen atoms in total. The van der Waals surface area contributed by atoms with Crippen LogP contribution in [-0.4, -0.2) is 37.5 Å². The van der Waals surface area contributed by atoms with Crippen LogP contribution < -0.4 is 15.4 Å². The fourth-order valence-corrected chi connectivity index (χ4v) is 5.39. The summed E-state index contributed by atoms with van der Waals surface area (Å²) in [7, 11) is -3.70. The first kappa shape index (κ1) is 22.1. The second-order valence-electron chi connectivity index (χ2n) is 8.89. The Bertz CT molecular complexity index is 803. The molecule has 2 rings (SSSR count). The number of carbonyl (C=O) groups excluding carboxylic acids is 1. The van der Waals surface area contributed by atoms with Crippen molar-refractivity contribution < 1.29 is 13.2 Å².